The monoisotopic (exact) mass is 268 g/mol. The van der Waals surface area contributed by atoms with Gasteiger partial charge in [0.1, 0.15) is 6.61 Å². The summed E-state index contributed by atoms with van der Waals surface area (Å²) < 4.78 is 0. The van der Waals surface area contributed by atoms with Crippen LogP contribution in [0.5, 0.6) is 0 Å². The Morgan fingerprint density at radius 2 is 1.95 bits per heavy atom. The van der Waals surface area contributed by atoms with Gasteiger partial charge >= 0.3 is 0 Å². The third-order valence-electron chi connectivity index (χ3n) is 5.73. The molecule has 0 spiro atoms. The maximum absolute atomic E-state index is 10.5. The highest BCUT2D eigenvalue weighted by molar-refractivity contribution is 5.11. The highest BCUT2D eigenvalue weighted by atomic mass is 16.9. The van der Waals surface area contributed by atoms with Crippen molar-refractivity contribution in [3.05, 3.63) is 10.1 Å². The SMILES string of the molecule is CC12CC3CC(CCN)(C1)CC(CO[N+](=O)[O-])(C3)C2. The van der Waals surface area contributed by atoms with Gasteiger partial charge in [0.15, 0.2) is 0 Å². The van der Waals surface area contributed by atoms with Gasteiger partial charge in [-0.1, -0.05) is 6.92 Å². The van der Waals surface area contributed by atoms with E-state index in [1.165, 1.54) is 19.3 Å². The third kappa shape index (κ3) is 2.22. The minimum Gasteiger partial charge on any atom is -0.330 e. The smallest absolute Gasteiger partial charge is 0.294 e. The molecule has 4 rings (SSSR count). The number of nitrogens with two attached hydrogens (primary N) is 1. The van der Waals surface area contributed by atoms with Gasteiger partial charge in [-0.15, -0.1) is 10.1 Å². The van der Waals surface area contributed by atoms with Crippen LogP contribution < -0.4 is 5.73 Å². The fourth-order valence-electron chi connectivity index (χ4n) is 6.30. The molecule has 108 valence electrons. The van der Waals surface area contributed by atoms with Crippen LogP contribution in [-0.4, -0.2) is 18.2 Å². The highest BCUT2D eigenvalue weighted by Crippen LogP contribution is 2.70. The van der Waals surface area contributed by atoms with Crippen LogP contribution in [0, 0.1) is 32.3 Å². The summed E-state index contributed by atoms with van der Waals surface area (Å²) in [4.78, 5) is 15.3. The van der Waals surface area contributed by atoms with Crippen LogP contribution in [0.15, 0.2) is 0 Å². The Morgan fingerprint density at radius 1 is 1.26 bits per heavy atom. The molecule has 4 bridgehead atoms. The topological polar surface area (TPSA) is 78.4 Å². The molecule has 0 aliphatic heterocycles. The number of rotatable bonds is 5. The molecule has 2 N–H and O–H groups in total. The first-order valence-corrected chi connectivity index (χ1v) is 7.36. The summed E-state index contributed by atoms with van der Waals surface area (Å²) in [6.07, 6.45) is 8.18. The van der Waals surface area contributed by atoms with Crippen molar-refractivity contribution in [1.29, 1.82) is 0 Å². The van der Waals surface area contributed by atoms with Crippen molar-refractivity contribution in [2.24, 2.45) is 27.9 Å². The zero-order valence-corrected chi connectivity index (χ0v) is 11.7. The Labute approximate surface area is 114 Å². The van der Waals surface area contributed by atoms with Gasteiger partial charge in [0.2, 0.25) is 0 Å². The minimum atomic E-state index is -0.628. The molecule has 4 atom stereocenters. The fraction of sp³-hybridized carbons (Fsp3) is 1.00. The molecule has 0 amide bonds. The summed E-state index contributed by atoms with van der Waals surface area (Å²) in [6, 6.07) is 0. The Kier molecular flexibility index (Phi) is 2.82. The molecule has 4 unspecified atom stereocenters. The van der Waals surface area contributed by atoms with E-state index in [0.29, 0.717) is 17.4 Å². The maximum Gasteiger partial charge on any atom is 0.294 e. The van der Waals surface area contributed by atoms with Crippen LogP contribution in [0.1, 0.15) is 51.9 Å². The van der Waals surface area contributed by atoms with E-state index in [9.17, 15) is 10.1 Å². The molecule has 5 nitrogen and oxygen atoms in total. The quantitative estimate of drug-likeness (QED) is 0.614. The van der Waals surface area contributed by atoms with Crippen molar-refractivity contribution in [3.8, 4) is 0 Å². The first kappa shape index (κ1) is 13.2. The first-order valence-electron chi connectivity index (χ1n) is 7.36. The van der Waals surface area contributed by atoms with Gasteiger partial charge in [-0.3, -0.25) is 0 Å². The van der Waals surface area contributed by atoms with Gasteiger partial charge in [0.25, 0.3) is 5.09 Å². The van der Waals surface area contributed by atoms with Crippen molar-refractivity contribution in [3.63, 3.8) is 0 Å². The van der Waals surface area contributed by atoms with E-state index in [2.05, 4.69) is 6.92 Å². The standard InChI is InChI=1S/C14H24N2O3/c1-12-4-11-5-13(7-12,2-3-15)9-14(6-11,8-12)10-19-16(17)18/h11H,2-10,15H2,1H3. The van der Waals surface area contributed by atoms with Crippen LogP contribution in [0.4, 0.5) is 0 Å². The van der Waals surface area contributed by atoms with Gasteiger partial charge in [-0.05, 0) is 73.7 Å². The van der Waals surface area contributed by atoms with E-state index in [1.807, 2.05) is 0 Å². The van der Waals surface area contributed by atoms with Gasteiger partial charge < -0.3 is 10.6 Å². The second-order valence-corrected chi connectivity index (χ2v) is 7.86. The summed E-state index contributed by atoms with van der Waals surface area (Å²) in [6.45, 7) is 3.39. The molecule has 4 aliphatic carbocycles. The van der Waals surface area contributed by atoms with Crippen molar-refractivity contribution >= 4 is 0 Å². The van der Waals surface area contributed by atoms with Crippen molar-refractivity contribution in [2.45, 2.75) is 51.9 Å². The van der Waals surface area contributed by atoms with E-state index in [0.717, 1.165) is 38.1 Å². The first-order chi connectivity index (χ1) is 8.88. The molecule has 0 saturated heterocycles. The normalized spacial score (nSPS) is 47.4. The predicted molar refractivity (Wildman–Crippen MR) is 70.8 cm³/mol. The molecule has 0 radical (unpaired) electrons. The van der Waals surface area contributed by atoms with E-state index >= 15 is 0 Å². The lowest BCUT2D eigenvalue weighted by Gasteiger charge is -2.66. The molecule has 5 heteroatoms. The Hall–Kier alpha value is -0.840. The van der Waals surface area contributed by atoms with Gasteiger partial charge in [0, 0.05) is 0 Å². The van der Waals surface area contributed by atoms with Crippen molar-refractivity contribution < 1.29 is 9.92 Å². The molecule has 0 aromatic carbocycles. The summed E-state index contributed by atoms with van der Waals surface area (Å²) in [5.74, 6) is 0.725. The van der Waals surface area contributed by atoms with Crippen LogP contribution in [0.3, 0.4) is 0 Å². The Morgan fingerprint density at radius 3 is 2.58 bits per heavy atom. The molecule has 19 heavy (non-hydrogen) atoms. The van der Waals surface area contributed by atoms with E-state index in [4.69, 9.17) is 10.6 Å². The average Bonchev–Trinajstić information content (AvgIpc) is 2.23. The van der Waals surface area contributed by atoms with Crippen LogP contribution in [-0.2, 0) is 4.84 Å². The van der Waals surface area contributed by atoms with Gasteiger partial charge in [-0.2, -0.15) is 0 Å². The molecular formula is C14H24N2O3. The van der Waals surface area contributed by atoms with E-state index < -0.39 is 5.09 Å². The average molecular weight is 268 g/mol. The van der Waals surface area contributed by atoms with E-state index in [1.54, 1.807) is 0 Å². The Balaban J connectivity index is 1.84. The van der Waals surface area contributed by atoms with E-state index in [-0.39, 0.29) is 5.41 Å². The van der Waals surface area contributed by atoms with Crippen LogP contribution in [0.2, 0.25) is 0 Å². The molecule has 4 saturated carbocycles. The second-order valence-electron chi connectivity index (χ2n) is 7.86. The number of hydrogen-bond acceptors (Lipinski definition) is 4. The van der Waals surface area contributed by atoms with Crippen molar-refractivity contribution in [1.82, 2.24) is 0 Å². The predicted octanol–water partition coefficient (Wildman–Crippen LogP) is 2.52. The largest absolute Gasteiger partial charge is 0.330 e. The van der Waals surface area contributed by atoms with Gasteiger partial charge in [0.05, 0.1) is 0 Å². The molecule has 4 fully saturated rings. The molecule has 4 aliphatic rings. The molecule has 0 aromatic heterocycles. The number of hydrogen-bond donors (Lipinski definition) is 1. The van der Waals surface area contributed by atoms with Crippen molar-refractivity contribution in [2.75, 3.05) is 13.2 Å². The summed E-state index contributed by atoms with van der Waals surface area (Å²) >= 11 is 0. The molecular weight excluding hydrogens is 244 g/mol. The Bertz CT molecular complexity index is 402. The fourth-order valence-corrected chi connectivity index (χ4v) is 6.30. The lowest BCUT2D eigenvalue weighted by Crippen LogP contribution is -2.57. The molecule has 0 heterocycles. The van der Waals surface area contributed by atoms with Crippen LogP contribution in [0.25, 0.3) is 0 Å². The summed E-state index contributed by atoms with van der Waals surface area (Å²) in [5.41, 5.74) is 6.55. The maximum atomic E-state index is 10.5. The number of nitrogens with zero attached hydrogens (tertiary/aromatic N) is 1. The highest BCUT2D eigenvalue weighted by Gasteiger charge is 2.61. The zero-order chi connectivity index (χ0) is 13.7. The molecule has 0 aromatic rings. The zero-order valence-electron chi connectivity index (χ0n) is 11.7. The van der Waals surface area contributed by atoms with Crippen LogP contribution >= 0.6 is 0 Å². The lowest BCUT2D eigenvalue weighted by atomic mass is 9.39. The summed E-state index contributed by atoms with van der Waals surface area (Å²) in [7, 11) is 0. The lowest BCUT2D eigenvalue weighted by molar-refractivity contribution is -0.761. The van der Waals surface area contributed by atoms with Gasteiger partial charge in [-0.25, -0.2) is 0 Å². The minimum absolute atomic E-state index is 0.0381. The third-order valence-corrected chi connectivity index (χ3v) is 5.73. The second kappa shape index (κ2) is 4.08. The summed E-state index contributed by atoms with van der Waals surface area (Å²) in [5, 5.41) is 9.91.